The van der Waals surface area contributed by atoms with E-state index in [9.17, 15) is 0 Å². The van der Waals surface area contributed by atoms with Crippen LogP contribution in [-0.4, -0.2) is 51.9 Å². The minimum absolute atomic E-state index is 0.974. The molecule has 0 bridgehead atoms. The Morgan fingerprint density at radius 2 is 1.89 bits per heavy atom. The molecule has 0 saturated carbocycles. The molecule has 0 radical (unpaired) electrons. The number of hydrogen-bond donors (Lipinski definition) is 0. The summed E-state index contributed by atoms with van der Waals surface area (Å²) in [6.07, 6.45) is 5.46. The lowest BCUT2D eigenvalue weighted by Gasteiger charge is -2.34. The third-order valence-electron chi connectivity index (χ3n) is 3.80. The molecule has 0 aliphatic carbocycles. The molecule has 0 N–H and O–H groups in total. The molecule has 1 fully saturated rings. The summed E-state index contributed by atoms with van der Waals surface area (Å²) >= 11 is 0. The maximum absolute atomic E-state index is 4.67. The lowest BCUT2D eigenvalue weighted by molar-refractivity contribution is 0.126. The second kappa shape index (κ2) is 5.72. The topological polar surface area (TPSA) is 23.8 Å². The largest absolute Gasteiger partial charge is 0.307 e. The van der Waals surface area contributed by atoms with E-state index in [0.29, 0.717) is 0 Å². The fraction of sp³-hybridized carbons (Fsp3) is 0.533. The Morgan fingerprint density at radius 1 is 1.11 bits per heavy atom. The molecule has 19 heavy (non-hydrogen) atoms. The highest BCUT2D eigenvalue weighted by molar-refractivity contribution is 5.39. The molecular formula is C15H22N4. The first-order valence-corrected chi connectivity index (χ1v) is 7.22. The minimum atomic E-state index is 0.974. The zero-order valence-corrected chi connectivity index (χ0v) is 11.6. The molecule has 3 rings (SSSR count). The fourth-order valence-electron chi connectivity index (χ4n) is 2.78. The molecule has 0 amide bonds. The van der Waals surface area contributed by atoms with E-state index >= 15 is 0 Å². The summed E-state index contributed by atoms with van der Waals surface area (Å²) in [5.74, 6) is 0. The van der Waals surface area contributed by atoms with Crippen molar-refractivity contribution < 1.29 is 0 Å². The molecule has 0 atom stereocenters. The molecular weight excluding hydrogens is 236 g/mol. The average Bonchev–Trinajstić information content (AvgIpc) is 2.83. The van der Waals surface area contributed by atoms with Crippen LogP contribution in [0.4, 0.5) is 0 Å². The maximum Gasteiger partial charge on any atom is 0.137 e. The van der Waals surface area contributed by atoms with Crippen molar-refractivity contribution in [2.75, 3.05) is 32.7 Å². The predicted molar refractivity (Wildman–Crippen MR) is 77.2 cm³/mol. The van der Waals surface area contributed by atoms with Crippen molar-refractivity contribution in [1.82, 2.24) is 19.2 Å². The molecule has 0 aromatic carbocycles. The Morgan fingerprint density at radius 3 is 2.63 bits per heavy atom. The smallest absolute Gasteiger partial charge is 0.137 e. The number of fused-ring (bicyclic) bond motifs is 1. The van der Waals surface area contributed by atoms with E-state index in [2.05, 4.69) is 44.6 Å². The first kappa shape index (κ1) is 12.6. The zero-order valence-electron chi connectivity index (χ0n) is 11.6. The van der Waals surface area contributed by atoms with Crippen LogP contribution in [0.25, 0.3) is 5.65 Å². The van der Waals surface area contributed by atoms with Crippen molar-refractivity contribution in [3.63, 3.8) is 0 Å². The van der Waals surface area contributed by atoms with E-state index in [0.717, 1.165) is 25.3 Å². The van der Waals surface area contributed by atoms with Gasteiger partial charge >= 0.3 is 0 Å². The molecule has 1 saturated heterocycles. The van der Waals surface area contributed by atoms with Gasteiger partial charge in [0.25, 0.3) is 0 Å². The van der Waals surface area contributed by atoms with E-state index in [1.165, 1.54) is 31.7 Å². The van der Waals surface area contributed by atoms with Gasteiger partial charge in [0.05, 0.1) is 5.69 Å². The molecule has 3 heterocycles. The van der Waals surface area contributed by atoms with Gasteiger partial charge in [0.1, 0.15) is 5.65 Å². The lowest BCUT2D eigenvalue weighted by Crippen LogP contribution is -2.46. The highest BCUT2D eigenvalue weighted by Crippen LogP contribution is 2.10. The number of pyridine rings is 1. The number of imidazole rings is 1. The molecule has 2 aromatic rings. The van der Waals surface area contributed by atoms with E-state index in [4.69, 9.17) is 0 Å². The van der Waals surface area contributed by atoms with Crippen molar-refractivity contribution in [1.29, 1.82) is 0 Å². The van der Waals surface area contributed by atoms with Crippen LogP contribution in [0.5, 0.6) is 0 Å². The van der Waals surface area contributed by atoms with Gasteiger partial charge in [0.2, 0.25) is 0 Å². The molecule has 0 unspecified atom stereocenters. The van der Waals surface area contributed by atoms with Crippen LogP contribution in [-0.2, 0) is 6.54 Å². The SMILES string of the molecule is CCCN1CCN(Cc2cn3ccccc3n2)CC1. The quantitative estimate of drug-likeness (QED) is 0.836. The third-order valence-corrected chi connectivity index (χ3v) is 3.80. The molecule has 1 aliphatic rings. The van der Waals surface area contributed by atoms with E-state index in [-0.39, 0.29) is 0 Å². The van der Waals surface area contributed by atoms with Gasteiger partial charge in [-0.25, -0.2) is 4.98 Å². The second-order valence-corrected chi connectivity index (χ2v) is 5.32. The van der Waals surface area contributed by atoms with Crippen molar-refractivity contribution in [2.45, 2.75) is 19.9 Å². The van der Waals surface area contributed by atoms with Crippen LogP contribution in [0.2, 0.25) is 0 Å². The number of piperazine rings is 1. The number of aromatic nitrogens is 2. The zero-order chi connectivity index (χ0) is 13.1. The Balaban J connectivity index is 1.60. The van der Waals surface area contributed by atoms with Gasteiger partial charge in [-0.05, 0) is 25.1 Å². The van der Waals surface area contributed by atoms with E-state index in [1.54, 1.807) is 0 Å². The number of hydrogen-bond acceptors (Lipinski definition) is 3. The predicted octanol–water partition coefficient (Wildman–Crippen LogP) is 1.86. The first-order chi connectivity index (χ1) is 9.35. The summed E-state index contributed by atoms with van der Waals surface area (Å²) in [6.45, 7) is 9.18. The Labute approximate surface area is 114 Å². The van der Waals surface area contributed by atoms with Crippen molar-refractivity contribution in [2.24, 2.45) is 0 Å². The first-order valence-electron chi connectivity index (χ1n) is 7.22. The van der Waals surface area contributed by atoms with Gasteiger partial charge in [-0.2, -0.15) is 0 Å². The number of nitrogens with zero attached hydrogens (tertiary/aromatic N) is 4. The fourth-order valence-corrected chi connectivity index (χ4v) is 2.78. The summed E-state index contributed by atoms with van der Waals surface area (Å²) in [4.78, 5) is 9.73. The van der Waals surface area contributed by atoms with E-state index < -0.39 is 0 Å². The van der Waals surface area contributed by atoms with Crippen molar-refractivity contribution in [3.05, 3.63) is 36.3 Å². The van der Waals surface area contributed by atoms with Crippen LogP contribution in [0.1, 0.15) is 19.0 Å². The summed E-state index contributed by atoms with van der Waals surface area (Å²) < 4.78 is 2.10. The monoisotopic (exact) mass is 258 g/mol. The van der Waals surface area contributed by atoms with Gasteiger partial charge in [0.15, 0.2) is 0 Å². The second-order valence-electron chi connectivity index (χ2n) is 5.32. The normalized spacial score (nSPS) is 18.2. The lowest BCUT2D eigenvalue weighted by atomic mass is 10.3. The maximum atomic E-state index is 4.67. The summed E-state index contributed by atoms with van der Waals surface area (Å²) in [6, 6.07) is 6.14. The van der Waals surface area contributed by atoms with E-state index in [1.807, 2.05) is 12.1 Å². The molecule has 4 heteroatoms. The van der Waals surface area contributed by atoms with Crippen LogP contribution in [0.3, 0.4) is 0 Å². The van der Waals surface area contributed by atoms with Gasteiger partial charge in [-0.1, -0.05) is 13.0 Å². The average molecular weight is 258 g/mol. The highest BCUT2D eigenvalue weighted by Gasteiger charge is 2.16. The van der Waals surface area contributed by atoms with Crippen LogP contribution in [0, 0.1) is 0 Å². The third kappa shape index (κ3) is 2.96. The Kier molecular flexibility index (Phi) is 3.80. The summed E-state index contributed by atoms with van der Waals surface area (Å²) in [5, 5.41) is 0. The molecule has 4 nitrogen and oxygen atoms in total. The van der Waals surface area contributed by atoms with Crippen LogP contribution in [0.15, 0.2) is 30.6 Å². The van der Waals surface area contributed by atoms with Gasteiger partial charge in [0, 0.05) is 45.1 Å². The van der Waals surface area contributed by atoms with Crippen molar-refractivity contribution >= 4 is 5.65 Å². The van der Waals surface area contributed by atoms with Crippen LogP contribution < -0.4 is 0 Å². The van der Waals surface area contributed by atoms with Crippen molar-refractivity contribution in [3.8, 4) is 0 Å². The minimum Gasteiger partial charge on any atom is -0.307 e. The summed E-state index contributed by atoms with van der Waals surface area (Å²) in [7, 11) is 0. The molecule has 1 aliphatic heterocycles. The molecule has 102 valence electrons. The van der Waals surface area contributed by atoms with Crippen LogP contribution >= 0.6 is 0 Å². The molecule has 0 spiro atoms. The Hall–Kier alpha value is -1.39. The number of rotatable bonds is 4. The summed E-state index contributed by atoms with van der Waals surface area (Å²) in [5.41, 5.74) is 2.22. The Bertz CT molecular complexity index is 493. The van der Waals surface area contributed by atoms with Gasteiger partial charge < -0.3 is 9.30 Å². The van der Waals surface area contributed by atoms with Gasteiger partial charge in [-0.3, -0.25) is 4.90 Å². The molecule has 2 aromatic heterocycles. The standard InChI is InChI=1S/C15H22N4/c1-2-6-17-8-10-18(11-9-17)12-14-13-19-7-4-3-5-15(19)16-14/h3-5,7,13H,2,6,8-12H2,1H3. The van der Waals surface area contributed by atoms with Gasteiger partial charge in [-0.15, -0.1) is 0 Å². The highest BCUT2D eigenvalue weighted by atomic mass is 15.3.